The van der Waals surface area contributed by atoms with E-state index in [2.05, 4.69) is 10.1 Å². The second-order valence-electron chi connectivity index (χ2n) is 5.30. The van der Waals surface area contributed by atoms with Crippen LogP contribution < -0.4 is 10.1 Å². The van der Waals surface area contributed by atoms with Crippen LogP contribution in [0.2, 0.25) is 0 Å². The summed E-state index contributed by atoms with van der Waals surface area (Å²) in [7, 11) is 0. The third-order valence-electron chi connectivity index (χ3n) is 3.59. The predicted molar refractivity (Wildman–Crippen MR) is 92.9 cm³/mol. The van der Waals surface area contributed by atoms with E-state index in [1.807, 2.05) is 42.5 Å². The van der Waals surface area contributed by atoms with Crippen LogP contribution in [0.3, 0.4) is 0 Å². The Labute approximate surface area is 143 Å². The molecule has 0 saturated heterocycles. The van der Waals surface area contributed by atoms with Crippen LogP contribution in [0, 0.1) is 0 Å². The highest BCUT2D eigenvalue weighted by Crippen LogP contribution is 2.21. The number of hydrogen-bond acceptors (Lipinski definition) is 2. The molecule has 0 bridgehead atoms. The summed E-state index contributed by atoms with van der Waals surface area (Å²) in [5.41, 5.74) is 3.10. The van der Waals surface area contributed by atoms with Crippen molar-refractivity contribution < 1.29 is 18.3 Å². The molecule has 0 aliphatic rings. The molecular formula is C20H15F2NO2. The van der Waals surface area contributed by atoms with Crippen molar-refractivity contribution >= 4 is 11.6 Å². The van der Waals surface area contributed by atoms with Crippen molar-refractivity contribution in [2.24, 2.45) is 0 Å². The van der Waals surface area contributed by atoms with Gasteiger partial charge in [0.25, 0.3) is 5.91 Å². The fourth-order valence-electron chi connectivity index (χ4n) is 2.37. The summed E-state index contributed by atoms with van der Waals surface area (Å²) >= 11 is 0. The maximum absolute atomic E-state index is 12.3. The average molecular weight is 339 g/mol. The number of anilines is 1. The van der Waals surface area contributed by atoms with Gasteiger partial charge in [-0.15, -0.1) is 0 Å². The van der Waals surface area contributed by atoms with Crippen LogP contribution in [0.15, 0.2) is 78.9 Å². The van der Waals surface area contributed by atoms with Gasteiger partial charge >= 0.3 is 6.61 Å². The summed E-state index contributed by atoms with van der Waals surface area (Å²) in [6.45, 7) is -2.87. The van der Waals surface area contributed by atoms with Gasteiger partial charge in [0.2, 0.25) is 0 Å². The van der Waals surface area contributed by atoms with E-state index >= 15 is 0 Å². The largest absolute Gasteiger partial charge is 0.435 e. The van der Waals surface area contributed by atoms with Crippen LogP contribution in [0.1, 0.15) is 10.4 Å². The molecule has 5 heteroatoms. The Morgan fingerprint density at radius 1 is 0.800 bits per heavy atom. The minimum absolute atomic E-state index is 0.0419. The van der Waals surface area contributed by atoms with Gasteiger partial charge in [-0.3, -0.25) is 4.79 Å². The van der Waals surface area contributed by atoms with Crippen molar-refractivity contribution in [3.63, 3.8) is 0 Å². The van der Waals surface area contributed by atoms with Crippen LogP contribution in [0.25, 0.3) is 11.1 Å². The molecule has 3 aromatic rings. The number of carbonyl (C=O) groups is 1. The van der Waals surface area contributed by atoms with Crippen molar-refractivity contribution in [3.8, 4) is 16.9 Å². The second-order valence-corrected chi connectivity index (χ2v) is 5.30. The number of nitrogens with one attached hydrogen (secondary N) is 1. The first-order chi connectivity index (χ1) is 12.1. The molecule has 3 rings (SSSR count). The Balaban J connectivity index is 1.67. The van der Waals surface area contributed by atoms with Crippen molar-refractivity contribution in [1.82, 2.24) is 0 Å². The summed E-state index contributed by atoms with van der Waals surface area (Å²) < 4.78 is 28.5. The molecule has 0 saturated carbocycles. The lowest BCUT2D eigenvalue weighted by Crippen LogP contribution is -2.11. The van der Waals surface area contributed by atoms with Gasteiger partial charge in [0.1, 0.15) is 5.75 Å². The molecule has 1 amide bonds. The summed E-state index contributed by atoms with van der Waals surface area (Å²) in [5, 5.41) is 2.72. The molecule has 3 aromatic carbocycles. The van der Waals surface area contributed by atoms with Gasteiger partial charge in [0.15, 0.2) is 0 Å². The van der Waals surface area contributed by atoms with E-state index in [9.17, 15) is 13.6 Å². The zero-order chi connectivity index (χ0) is 17.6. The molecule has 3 nitrogen and oxygen atoms in total. The van der Waals surface area contributed by atoms with Gasteiger partial charge < -0.3 is 10.1 Å². The zero-order valence-corrected chi connectivity index (χ0v) is 13.2. The SMILES string of the molecule is O=C(Nc1ccc(OC(F)F)cc1)c1ccc(-c2ccccc2)cc1. The Hall–Kier alpha value is -3.21. The van der Waals surface area contributed by atoms with E-state index in [1.165, 1.54) is 24.3 Å². The lowest BCUT2D eigenvalue weighted by atomic mass is 10.0. The maximum Gasteiger partial charge on any atom is 0.387 e. The van der Waals surface area contributed by atoms with Gasteiger partial charge in [-0.1, -0.05) is 42.5 Å². The molecule has 25 heavy (non-hydrogen) atoms. The summed E-state index contributed by atoms with van der Waals surface area (Å²) in [6, 6.07) is 22.9. The minimum Gasteiger partial charge on any atom is -0.435 e. The Morgan fingerprint density at radius 2 is 1.40 bits per heavy atom. The first kappa shape index (κ1) is 16.6. The molecule has 0 aliphatic heterocycles. The number of benzene rings is 3. The van der Waals surface area contributed by atoms with Crippen molar-refractivity contribution in [2.75, 3.05) is 5.32 Å². The van der Waals surface area contributed by atoms with Crippen LogP contribution in [-0.2, 0) is 0 Å². The zero-order valence-electron chi connectivity index (χ0n) is 13.2. The summed E-state index contributed by atoms with van der Waals surface area (Å²) in [6.07, 6.45) is 0. The van der Waals surface area contributed by atoms with Gasteiger partial charge in [0, 0.05) is 11.3 Å². The molecule has 0 radical (unpaired) electrons. The lowest BCUT2D eigenvalue weighted by molar-refractivity contribution is -0.0498. The highest BCUT2D eigenvalue weighted by molar-refractivity contribution is 6.04. The second kappa shape index (κ2) is 7.57. The molecule has 0 fully saturated rings. The Morgan fingerprint density at radius 3 is 2.00 bits per heavy atom. The molecule has 0 atom stereocenters. The van der Waals surface area contributed by atoms with Crippen LogP contribution in [0.4, 0.5) is 14.5 Å². The first-order valence-corrected chi connectivity index (χ1v) is 7.63. The van der Waals surface area contributed by atoms with E-state index < -0.39 is 6.61 Å². The molecule has 0 aliphatic carbocycles. The fourth-order valence-corrected chi connectivity index (χ4v) is 2.37. The summed E-state index contributed by atoms with van der Waals surface area (Å²) in [4.78, 5) is 12.3. The number of rotatable bonds is 5. The minimum atomic E-state index is -2.87. The van der Waals surface area contributed by atoms with E-state index in [4.69, 9.17) is 0 Å². The quantitative estimate of drug-likeness (QED) is 0.693. The van der Waals surface area contributed by atoms with Gasteiger partial charge in [0.05, 0.1) is 0 Å². The molecular weight excluding hydrogens is 324 g/mol. The first-order valence-electron chi connectivity index (χ1n) is 7.63. The Bertz CT molecular complexity index is 832. The third-order valence-corrected chi connectivity index (χ3v) is 3.59. The fraction of sp³-hybridized carbons (Fsp3) is 0.0500. The van der Waals surface area contributed by atoms with Gasteiger partial charge in [-0.2, -0.15) is 8.78 Å². The van der Waals surface area contributed by atoms with E-state index in [0.29, 0.717) is 11.3 Å². The van der Waals surface area contributed by atoms with E-state index in [0.717, 1.165) is 11.1 Å². The maximum atomic E-state index is 12.3. The number of hydrogen-bond donors (Lipinski definition) is 1. The third kappa shape index (κ3) is 4.41. The molecule has 0 spiro atoms. The van der Waals surface area contributed by atoms with Crippen molar-refractivity contribution in [1.29, 1.82) is 0 Å². The predicted octanol–water partition coefficient (Wildman–Crippen LogP) is 5.21. The normalized spacial score (nSPS) is 10.5. The van der Waals surface area contributed by atoms with Gasteiger partial charge in [-0.05, 0) is 47.5 Å². The highest BCUT2D eigenvalue weighted by Gasteiger charge is 2.08. The molecule has 0 aromatic heterocycles. The van der Waals surface area contributed by atoms with Crippen LogP contribution >= 0.6 is 0 Å². The van der Waals surface area contributed by atoms with Crippen LogP contribution in [0.5, 0.6) is 5.75 Å². The van der Waals surface area contributed by atoms with Crippen molar-refractivity contribution in [3.05, 3.63) is 84.4 Å². The molecule has 126 valence electrons. The monoisotopic (exact) mass is 339 g/mol. The number of carbonyl (C=O) groups excluding carboxylic acids is 1. The lowest BCUT2D eigenvalue weighted by Gasteiger charge is -2.08. The van der Waals surface area contributed by atoms with E-state index in [1.54, 1.807) is 12.1 Å². The standard InChI is InChI=1S/C20H15F2NO2/c21-20(22)25-18-12-10-17(11-13-18)23-19(24)16-8-6-15(7-9-16)14-4-2-1-3-5-14/h1-13,20H,(H,23,24). The van der Waals surface area contributed by atoms with E-state index in [-0.39, 0.29) is 11.7 Å². The average Bonchev–Trinajstić information content (AvgIpc) is 2.64. The summed E-state index contributed by atoms with van der Waals surface area (Å²) in [5.74, 6) is -0.234. The number of alkyl halides is 2. The number of halogens is 2. The molecule has 1 N–H and O–H groups in total. The topological polar surface area (TPSA) is 38.3 Å². The number of amides is 1. The van der Waals surface area contributed by atoms with Gasteiger partial charge in [-0.25, -0.2) is 0 Å². The Kier molecular flexibility index (Phi) is 5.04. The molecule has 0 heterocycles. The molecule has 0 unspecified atom stereocenters. The van der Waals surface area contributed by atoms with Crippen molar-refractivity contribution in [2.45, 2.75) is 6.61 Å². The number of ether oxygens (including phenoxy) is 1. The smallest absolute Gasteiger partial charge is 0.387 e. The highest BCUT2D eigenvalue weighted by atomic mass is 19.3. The van der Waals surface area contributed by atoms with Crippen LogP contribution in [-0.4, -0.2) is 12.5 Å².